The fourth-order valence-corrected chi connectivity index (χ4v) is 2.75. The monoisotopic (exact) mass is 399 g/mol. The molecule has 0 aliphatic carbocycles. The quantitative estimate of drug-likeness (QED) is 0.375. The fourth-order valence-electron chi connectivity index (χ4n) is 2.75. The molecule has 7 heteroatoms. The highest BCUT2D eigenvalue weighted by atomic mass is 16.5. The van der Waals surface area contributed by atoms with Crippen LogP contribution < -0.4 is 14.8 Å². The molecule has 0 saturated heterocycles. The van der Waals surface area contributed by atoms with Crippen LogP contribution in [0.5, 0.6) is 11.5 Å². The van der Waals surface area contributed by atoms with Gasteiger partial charge in [-0.25, -0.2) is 4.79 Å². The Kier molecular flexibility index (Phi) is 8.21. The summed E-state index contributed by atoms with van der Waals surface area (Å²) in [5.74, 6) is -0.429. The molecule has 0 aliphatic heterocycles. The smallest absolute Gasteiger partial charge is 0.346 e. The Balaban J connectivity index is 1.92. The highest BCUT2D eigenvalue weighted by molar-refractivity contribution is 6.01. The van der Waals surface area contributed by atoms with Crippen molar-refractivity contribution in [2.24, 2.45) is 0 Å². The third-order valence-electron chi connectivity index (χ3n) is 4.26. The molecule has 2 aromatic carbocycles. The molecule has 0 bridgehead atoms. The largest absolute Gasteiger partial charge is 0.496 e. The Morgan fingerprint density at radius 2 is 1.55 bits per heavy atom. The van der Waals surface area contributed by atoms with Gasteiger partial charge >= 0.3 is 5.97 Å². The van der Waals surface area contributed by atoms with Gasteiger partial charge < -0.3 is 19.5 Å². The first-order valence-corrected chi connectivity index (χ1v) is 9.21. The number of methoxy groups -OCH3 is 2. The van der Waals surface area contributed by atoms with Crippen molar-refractivity contribution in [3.8, 4) is 11.5 Å². The lowest BCUT2D eigenvalue weighted by atomic mass is 10.1. The highest BCUT2D eigenvalue weighted by Gasteiger charge is 2.21. The standard InChI is InChI=1S/C22H25NO6/c1-15(24)23-13-5-6-16-9-11-17(12-10-16)18(25)14-29-22(26)21-19(27-2)7-4-8-20(21)28-3/h4,7-12H,5-6,13-14H2,1-3H3,(H,23,24). The molecule has 154 valence electrons. The molecule has 0 spiro atoms. The zero-order valence-corrected chi connectivity index (χ0v) is 16.8. The summed E-state index contributed by atoms with van der Waals surface area (Å²) in [5, 5.41) is 2.74. The van der Waals surface area contributed by atoms with Crippen molar-refractivity contribution < 1.29 is 28.6 Å². The predicted octanol–water partition coefficient (Wildman–Crippen LogP) is 2.81. The maximum absolute atomic E-state index is 12.4. The van der Waals surface area contributed by atoms with Crippen molar-refractivity contribution in [1.29, 1.82) is 0 Å². The molecule has 7 nitrogen and oxygen atoms in total. The number of carbonyl (C=O) groups excluding carboxylic acids is 3. The number of ketones is 1. The summed E-state index contributed by atoms with van der Waals surface area (Å²) in [4.78, 5) is 35.6. The third-order valence-corrected chi connectivity index (χ3v) is 4.26. The van der Waals surface area contributed by atoms with Gasteiger partial charge in [-0.2, -0.15) is 0 Å². The third kappa shape index (κ3) is 6.34. The van der Waals surface area contributed by atoms with E-state index in [0.29, 0.717) is 23.6 Å². The number of Topliss-reactive ketones (excluding diaryl/α,β-unsaturated/α-hetero) is 1. The molecule has 0 saturated carbocycles. The topological polar surface area (TPSA) is 90.9 Å². The minimum absolute atomic E-state index is 0.0498. The van der Waals surface area contributed by atoms with Crippen LogP contribution in [-0.4, -0.2) is 45.0 Å². The normalized spacial score (nSPS) is 10.2. The van der Waals surface area contributed by atoms with Gasteiger partial charge in [0.05, 0.1) is 14.2 Å². The molecule has 2 rings (SSSR count). The lowest BCUT2D eigenvalue weighted by molar-refractivity contribution is -0.118. The molecule has 0 unspecified atom stereocenters. The number of amides is 1. The molecule has 1 N–H and O–H groups in total. The van der Waals surface area contributed by atoms with Crippen LogP contribution in [0.15, 0.2) is 42.5 Å². The van der Waals surface area contributed by atoms with Gasteiger partial charge in [0.2, 0.25) is 5.91 Å². The Morgan fingerprint density at radius 3 is 2.10 bits per heavy atom. The Morgan fingerprint density at radius 1 is 0.931 bits per heavy atom. The molecule has 1 amide bonds. The van der Waals surface area contributed by atoms with Gasteiger partial charge in [-0.3, -0.25) is 9.59 Å². The van der Waals surface area contributed by atoms with Crippen LogP contribution >= 0.6 is 0 Å². The van der Waals surface area contributed by atoms with Gasteiger partial charge in [0.15, 0.2) is 12.4 Å². The number of rotatable bonds is 10. The van der Waals surface area contributed by atoms with E-state index in [4.69, 9.17) is 14.2 Å². The molecule has 2 aromatic rings. The Bertz CT molecular complexity index is 838. The number of carbonyl (C=O) groups is 3. The fraction of sp³-hybridized carbons (Fsp3) is 0.318. The van der Waals surface area contributed by atoms with E-state index in [1.165, 1.54) is 21.1 Å². The van der Waals surface area contributed by atoms with Crippen LogP contribution in [0.2, 0.25) is 0 Å². The molecule has 0 fully saturated rings. The first-order chi connectivity index (χ1) is 14.0. The van der Waals surface area contributed by atoms with Crippen LogP contribution in [0.3, 0.4) is 0 Å². The van der Waals surface area contributed by atoms with Crippen molar-refractivity contribution in [1.82, 2.24) is 5.32 Å². The van der Waals surface area contributed by atoms with E-state index >= 15 is 0 Å². The minimum atomic E-state index is -0.692. The summed E-state index contributed by atoms with van der Waals surface area (Å²) < 4.78 is 15.5. The second-order valence-corrected chi connectivity index (χ2v) is 6.32. The van der Waals surface area contributed by atoms with Gasteiger partial charge in [-0.1, -0.05) is 30.3 Å². The van der Waals surface area contributed by atoms with E-state index in [1.807, 2.05) is 12.1 Å². The molecular formula is C22H25NO6. The lowest BCUT2D eigenvalue weighted by Gasteiger charge is -2.12. The van der Waals surface area contributed by atoms with Crippen molar-refractivity contribution in [3.05, 3.63) is 59.2 Å². The zero-order chi connectivity index (χ0) is 21.2. The zero-order valence-electron chi connectivity index (χ0n) is 16.8. The number of nitrogens with one attached hydrogen (secondary N) is 1. The molecule has 0 radical (unpaired) electrons. The van der Waals surface area contributed by atoms with Crippen molar-refractivity contribution in [2.45, 2.75) is 19.8 Å². The van der Waals surface area contributed by atoms with Gasteiger partial charge in [-0.05, 0) is 30.5 Å². The maximum atomic E-state index is 12.4. The van der Waals surface area contributed by atoms with Gasteiger partial charge in [0.25, 0.3) is 0 Å². The van der Waals surface area contributed by atoms with Gasteiger partial charge in [0, 0.05) is 19.0 Å². The second kappa shape index (κ2) is 10.8. The number of aryl methyl sites for hydroxylation is 1. The van der Waals surface area contributed by atoms with Crippen molar-refractivity contribution in [3.63, 3.8) is 0 Å². The Labute approximate surface area is 170 Å². The summed E-state index contributed by atoms with van der Waals surface area (Å²) in [6.45, 7) is 1.71. The number of esters is 1. The minimum Gasteiger partial charge on any atom is -0.496 e. The van der Waals surface area contributed by atoms with E-state index < -0.39 is 5.97 Å². The summed E-state index contributed by atoms with van der Waals surface area (Å²) in [6, 6.07) is 12.0. The highest BCUT2D eigenvalue weighted by Crippen LogP contribution is 2.28. The number of hydrogen-bond acceptors (Lipinski definition) is 6. The van der Waals surface area contributed by atoms with Crippen molar-refractivity contribution in [2.75, 3.05) is 27.4 Å². The average Bonchev–Trinajstić information content (AvgIpc) is 2.74. The van der Waals surface area contributed by atoms with E-state index in [2.05, 4.69) is 5.32 Å². The van der Waals surface area contributed by atoms with Gasteiger partial charge in [0.1, 0.15) is 17.1 Å². The van der Waals surface area contributed by atoms with E-state index in [1.54, 1.807) is 30.3 Å². The maximum Gasteiger partial charge on any atom is 0.346 e. The average molecular weight is 399 g/mol. The first-order valence-electron chi connectivity index (χ1n) is 9.21. The van der Waals surface area contributed by atoms with Crippen LogP contribution in [0, 0.1) is 0 Å². The van der Waals surface area contributed by atoms with Gasteiger partial charge in [-0.15, -0.1) is 0 Å². The summed E-state index contributed by atoms with van der Waals surface area (Å²) in [7, 11) is 2.88. The van der Waals surface area contributed by atoms with Crippen LogP contribution in [-0.2, 0) is 16.0 Å². The number of ether oxygens (including phenoxy) is 3. The summed E-state index contributed by atoms with van der Waals surface area (Å²) in [6.07, 6.45) is 1.60. The van der Waals surface area contributed by atoms with Crippen molar-refractivity contribution >= 4 is 17.7 Å². The number of benzene rings is 2. The predicted molar refractivity (Wildman–Crippen MR) is 108 cm³/mol. The second-order valence-electron chi connectivity index (χ2n) is 6.32. The Hall–Kier alpha value is -3.35. The SMILES string of the molecule is COc1cccc(OC)c1C(=O)OCC(=O)c1ccc(CCCNC(C)=O)cc1. The molecule has 0 heterocycles. The number of hydrogen-bond donors (Lipinski definition) is 1. The lowest BCUT2D eigenvalue weighted by Crippen LogP contribution is -2.21. The van der Waals surface area contributed by atoms with Crippen LogP contribution in [0.4, 0.5) is 0 Å². The van der Waals surface area contributed by atoms with Crippen LogP contribution in [0.1, 0.15) is 39.6 Å². The van der Waals surface area contributed by atoms with Crippen LogP contribution in [0.25, 0.3) is 0 Å². The van der Waals surface area contributed by atoms with E-state index in [9.17, 15) is 14.4 Å². The van der Waals surface area contributed by atoms with E-state index in [-0.39, 0.29) is 23.9 Å². The molecule has 0 aromatic heterocycles. The summed E-state index contributed by atoms with van der Waals surface area (Å²) >= 11 is 0. The molecule has 0 atom stereocenters. The summed E-state index contributed by atoms with van der Waals surface area (Å²) in [5.41, 5.74) is 1.65. The molecular weight excluding hydrogens is 374 g/mol. The molecule has 0 aliphatic rings. The molecule has 29 heavy (non-hydrogen) atoms. The first kappa shape index (κ1) is 21.9. The van der Waals surface area contributed by atoms with E-state index in [0.717, 1.165) is 18.4 Å².